The van der Waals surface area contributed by atoms with Crippen LogP contribution in [0.2, 0.25) is 0 Å². The van der Waals surface area contributed by atoms with Gasteiger partial charge in [0.2, 0.25) is 0 Å². The maximum absolute atomic E-state index is 11.8. The lowest BCUT2D eigenvalue weighted by molar-refractivity contribution is -0.384. The summed E-state index contributed by atoms with van der Waals surface area (Å²) < 4.78 is 4.90. The van der Waals surface area contributed by atoms with Gasteiger partial charge in [-0.15, -0.1) is 0 Å². The summed E-state index contributed by atoms with van der Waals surface area (Å²) in [4.78, 5) is 25.9. The quantitative estimate of drug-likeness (QED) is 0.513. The van der Waals surface area contributed by atoms with E-state index in [2.05, 4.69) is 4.98 Å². The third-order valence-electron chi connectivity index (χ3n) is 2.59. The summed E-state index contributed by atoms with van der Waals surface area (Å²) in [5.41, 5.74) is 5.73. The van der Waals surface area contributed by atoms with Crippen LogP contribution in [0.4, 0.5) is 11.5 Å². The van der Waals surface area contributed by atoms with Crippen molar-refractivity contribution in [2.24, 2.45) is 0 Å². The number of nitro groups is 1. The number of nitrogens with zero attached hydrogens (tertiary/aromatic N) is 2. The molecule has 0 fully saturated rings. The number of esters is 1. The van der Waals surface area contributed by atoms with Crippen LogP contribution in [-0.2, 0) is 4.74 Å². The summed E-state index contributed by atoms with van der Waals surface area (Å²) in [5.74, 6) is -0.549. The van der Waals surface area contributed by atoms with Gasteiger partial charge in [-0.25, -0.2) is 9.78 Å². The van der Waals surface area contributed by atoms with Crippen LogP contribution in [0.5, 0.6) is 0 Å². The lowest BCUT2D eigenvalue weighted by Crippen LogP contribution is -2.10. The molecule has 0 unspecified atom stereocenters. The largest absolute Gasteiger partial charge is 0.462 e. The summed E-state index contributed by atoms with van der Waals surface area (Å²) in [5, 5.41) is 11.6. The lowest BCUT2D eigenvalue weighted by atomic mass is 10.1. The van der Waals surface area contributed by atoms with Crippen molar-refractivity contribution in [3.8, 4) is 0 Å². The summed E-state index contributed by atoms with van der Waals surface area (Å²) >= 11 is 0. The summed E-state index contributed by atoms with van der Waals surface area (Å²) in [6.45, 7) is 1.89. The number of non-ortho nitro benzene ring substituents is 1. The molecule has 7 nitrogen and oxygen atoms in total. The van der Waals surface area contributed by atoms with Gasteiger partial charge in [0, 0.05) is 29.1 Å². The number of rotatable bonds is 3. The molecule has 1 heterocycles. The van der Waals surface area contributed by atoms with E-state index in [4.69, 9.17) is 10.5 Å². The number of hydrogen-bond acceptors (Lipinski definition) is 6. The number of hydrogen-bond donors (Lipinski definition) is 1. The number of nitrogen functional groups attached to an aromatic ring is 1. The fraction of sp³-hybridized carbons (Fsp3) is 0.167. The van der Waals surface area contributed by atoms with Gasteiger partial charge in [-0.05, 0) is 13.0 Å². The minimum Gasteiger partial charge on any atom is -0.462 e. The number of anilines is 1. The van der Waals surface area contributed by atoms with Gasteiger partial charge in [0.1, 0.15) is 11.4 Å². The average molecular weight is 261 g/mol. The average Bonchev–Trinajstić information content (AvgIpc) is 2.38. The third-order valence-corrected chi connectivity index (χ3v) is 2.59. The molecule has 0 atom stereocenters. The molecule has 1 aromatic carbocycles. The molecule has 2 aromatic rings. The molecule has 0 aliphatic rings. The molecule has 0 saturated carbocycles. The number of carbonyl (C=O) groups excluding carboxylic acids is 1. The number of nitrogens with two attached hydrogens (primary N) is 1. The number of benzene rings is 1. The van der Waals surface area contributed by atoms with Crippen LogP contribution < -0.4 is 5.73 Å². The van der Waals surface area contributed by atoms with Crippen molar-refractivity contribution in [2.45, 2.75) is 6.92 Å². The molecular weight excluding hydrogens is 250 g/mol. The molecule has 2 N–H and O–H groups in total. The second-order valence-corrected chi connectivity index (χ2v) is 3.77. The first-order valence-corrected chi connectivity index (χ1v) is 5.54. The van der Waals surface area contributed by atoms with E-state index in [9.17, 15) is 14.9 Å². The van der Waals surface area contributed by atoms with Crippen LogP contribution in [0.25, 0.3) is 10.8 Å². The van der Waals surface area contributed by atoms with E-state index in [-0.39, 0.29) is 23.7 Å². The van der Waals surface area contributed by atoms with Crippen molar-refractivity contribution in [3.63, 3.8) is 0 Å². The standard InChI is InChI=1S/C12H11N3O4/c1-2-19-12(16)10-9-4-3-8(15(17)18)5-7(9)6-14-11(10)13/h3-6H,2H2,1H3,(H2,13,14). The smallest absolute Gasteiger partial charge is 0.342 e. The van der Waals surface area contributed by atoms with Crippen molar-refractivity contribution < 1.29 is 14.5 Å². The molecule has 0 bridgehead atoms. The first-order chi connectivity index (χ1) is 9.04. The molecule has 0 amide bonds. The molecule has 2 rings (SSSR count). The minimum absolute atomic E-state index is 0.0415. The highest BCUT2D eigenvalue weighted by atomic mass is 16.6. The Morgan fingerprint density at radius 3 is 2.89 bits per heavy atom. The Morgan fingerprint density at radius 2 is 2.26 bits per heavy atom. The Labute approximate surface area is 108 Å². The predicted molar refractivity (Wildman–Crippen MR) is 68.8 cm³/mol. The van der Waals surface area contributed by atoms with Crippen molar-refractivity contribution in [2.75, 3.05) is 12.3 Å². The second-order valence-electron chi connectivity index (χ2n) is 3.77. The van der Waals surface area contributed by atoms with E-state index in [0.29, 0.717) is 10.8 Å². The Morgan fingerprint density at radius 1 is 1.53 bits per heavy atom. The van der Waals surface area contributed by atoms with Gasteiger partial charge in [0.05, 0.1) is 11.5 Å². The third kappa shape index (κ3) is 2.30. The molecule has 0 spiro atoms. The highest BCUT2D eigenvalue weighted by Crippen LogP contribution is 2.26. The van der Waals surface area contributed by atoms with E-state index in [1.165, 1.54) is 24.4 Å². The number of ether oxygens (including phenoxy) is 1. The molecule has 0 aliphatic carbocycles. The zero-order valence-electron chi connectivity index (χ0n) is 10.1. The number of fused-ring (bicyclic) bond motifs is 1. The van der Waals surface area contributed by atoms with Crippen LogP contribution in [0.1, 0.15) is 17.3 Å². The Hall–Kier alpha value is -2.70. The Bertz CT molecular complexity index is 669. The lowest BCUT2D eigenvalue weighted by Gasteiger charge is -2.08. The van der Waals surface area contributed by atoms with Crippen LogP contribution in [-0.4, -0.2) is 22.5 Å². The van der Waals surface area contributed by atoms with Gasteiger partial charge in [0.25, 0.3) is 5.69 Å². The Kier molecular flexibility index (Phi) is 3.28. The van der Waals surface area contributed by atoms with E-state index in [1.807, 2.05) is 0 Å². The van der Waals surface area contributed by atoms with Gasteiger partial charge < -0.3 is 10.5 Å². The topological polar surface area (TPSA) is 108 Å². The monoisotopic (exact) mass is 261 g/mol. The van der Waals surface area contributed by atoms with Crippen LogP contribution in [0.3, 0.4) is 0 Å². The van der Waals surface area contributed by atoms with Crippen molar-refractivity contribution >= 4 is 28.2 Å². The molecule has 0 saturated heterocycles. The molecule has 98 valence electrons. The number of pyridine rings is 1. The maximum atomic E-state index is 11.8. The van der Waals surface area contributed by atoms with Gasteiger partial charge >= 0.3 is 5.97 Å². The molecule has 1 aromatic heterocycles. The normalized spacial score (nSPS) is 10.4. The van der Waals surface area contributed by atoms with E-state index in [1.54, 1.807) is 6.92 Å². The SMILES string of the molecule is CCOC(=O)c1c(N)ncc2cc([N+](=O)[O-])ccc12. The van der Waals surface area contributed by atoms with Gasteiger partial charge in [-0.2, -0.15) is 0 Å². The summed E-state index contributed by atoms with van der Waals surface area (Å²) in [7, 11) is 0. The fourth-order valence-electron chi connectivity index (χ4n) is 1.76. The first-order valence-electron chi connectivity index (χ1n) is 5.54. The van der Waals surface area contributed by atoms with E-state index in [0.717, 1.165) is 0 Å². The highest BCUT2D eigenvalue weighted by molar-refractivity contribution is 6.08. The number of nitro benzene ring substituents is 1. The van der Waals surface area contributed by atoms with E-state index < -0.39 is 10.9 Å². The Balaban J connectivity index is 2.66. The van der Waals surface area contributed by atoms with Gasteiger partial charge in [-0.1, -0.05) is 0 Å². The summed E-state index contributed by atoms with van der Waals surface area (Å²) in [6.07, 6.45) is 1.39. The second kappa shape index (κ2) is 4.89. The van der Waals surface area contributed by atoms with Crippen LogP contribution in [0, 0.1) is 10.1 Å². The molecule has 0 aliphatic heterocycles. The number of carbonyl (C=O) groups is 1. The molecular formula is C12H11N3O4. The zero-order chi connectivity index (χ0) is 14.0. The zero-order valence-corrected chi connectivity index (χ0v) is 10.1. The minimum atomic E-state index is -0.591. The van der Waals surface area contributed by atoms with Crippen LogP contribution in [0.15, 0.2) is 24.4 Å². The van der Waals surface area contributed by atoms with Crippen LogP contribution >= 0.6 is 0 Å². The maximum Gasteiger partial charge on any atom is 0.342 e. The predicted octanol–water partition coefficient (Wildman–Crippen LogP) is 1.90. The van der Waals surface area contributed by atoms with Gasteiger partial charge in [0.15, 0.2) is 0 Å². The first kappa shape index (κ1) is 12.7. The van der Waals surface area contributed by atoms with Gasteiger partial charge in [-0.3, -0.25) is 10.1 Å². The van der Waals surface area contributed by atoms with E-state index >= 15 is 0 Å². The van der Waals surface area contributed by atoms with Crippen molar-refractivity contribution in [3.05, 3.63) is 40.1 Å². The van der Waals surface area contributed by atoms with Crippen molar-refractivity contribution in [1.82, 2.24) is 4.98 Å². The van der Waals surface area contributed by atoms with Crippen molar-refractivity contribution in [1.29, 1.82) is 0 Å². The summed E-state index contributed by atoms with van der Waals surface area (Å²) in [6, 6.07) is 4.12. The molecule has 7 heteroatoms. The highest BCUT2D eigenvalue weighted by Gasteiger charge is 2.18. The fourth-order valence-corrected chi connectivity index (χ4v) is 1.76. The number of aromatic nitrogens is 1. The molecule has 0 radical (unpaired) electrons. The molecule has 19 heavy (non-hydrogen) atoms.